The second-order valence-corrected chi connectivity index (χ2v) is 8.29. The molecule has 1 saturated carbocycles. The van der Waals surface area contributed by atoms with Crippen molar-refractivity contribution in [2.75, 3.05) is 5.32 Å². The van der Waals surface area contributed by atoms with Gasteiger partial charge in [0.2, 0.25) is 0 Å². The molecule has 2 aromatic heterocycles. The number of ether oxygens (including phenoxy) is 1. The van der Waals surface area contributed by atoms with Crippen LogP contribution in [0, 0.1) is 17.3 Å². The van der Waals surface area contributed by atoms with E-state index in [1.54, 1.807) is 18.5 Å². The predicted molar refractivity (Wildman–Crippen MR) is 101 cm³/mol. The second-order valence-electron chi connectivity index (χ2n) is 7.24. The van der Waals surface area contributed by atoms with E-state index in [0.717, 1.165) is 17.7 Å². The highest BCUT2D eigenvalue weighted by Crippen LogP contribution is 2.32. The predicted octanol–water partition coefficient (Wildman–Crippen LogP) is 3.66. The Morgan fingerprint density at radius 2 is 2.04 bits per heavy atom. The minimum atomic E-state index is -0.939. The Balaban J connectivity index is 1.62. The zero-order valence-corrected chi connectivity index (χ0v) is 15.8. The molecule has 1 fully saturated rings. The van der Waals surface area contributed by atoms with Gasteiger partial charge in [0, 0.05) is 36.7 Å². The van der Waals surface area contributed by atoms with Crippen molar-refractivity contribution in [3.63, 3.8) is 0 Å². The number of hydrogen-bond donors (Lipinski definition) is 2. The van der Waals surface area contributed by atoms with E-state index in [0.29, 0.717) is 16.6 Å². The zero-order chi connectivity index (χ0) is 18.7. The highest BCUT2D eigenvalue weighted by molar-refractivity contribution is 7.15. The van der Waals surface area contributed by atoms with E-state index in [1.165, 1.54) is 11.3 Å². The number of nitrogens with zero attached hydrogens (tertiary/aromatic N) is 2. The first kappa shape index (κ1) is 18.2. The van der Waals surface area contributed by atoms with Gasteiger partial charge in [-0.15, -0.1) is 11.3 Å². The number of rotatable bonds is 5. The van der Waals surface area contributed by atoms with Crippen LogP contribution in [0.4, 0.5) is 5.69 Å². The molecule has 26 heavy (non-hydrogen) atoms. The van der Waals surface area contributed by atoms with E-state index < -0.39 is 5.97 Å². The van der Waals surface area contributed by atoms with E-state index >= 15 is 0 Å². The number of thiophene rings is 1. The molecule has 0 aliphatic heterocycles. The number of hydrogen-bond acceptors (Lipinski definition) is 6. The van der Waals surface area contributed by atoms with E-state index in [-0.39, 0.29) is 17.6 Å². The lowest BCUT2D eigenvalue weighted by Gasteiger charge is -2.35. The Bertz CT molecular complexity index is 840. The molecule has 2 aromatic rings. The van der Waals surface area contributed by atoms with Gasteiger partial charge in [0.05, 0.1) is 10.6 Å². The van der Waals surface area contributed by atoms with Crippen molar-refractivity contribution in [2.24, 2.45) is 5.41 Å². The third-order valence-corrected chi connectivity index (χ3v) is 4.79. The highest BCUT2D eigenvalue weighted by atomic mass is 32.1. The van der Waals surface area contributed by atoms with Gasteiger partial charge in [0.25, 0.3) is 0 Å². The highest BCUT2D eigenvalue weighted by Gasteiger charge is 2.32. The lowest BCUT2D eigenvalue weighted by atomic mass is 9.89. The van der Waals surface area contributed by atoms with Gasteiger partial charge < -0.3 is 15.2 Å². The number of aromatic carboxylic acids is 1. The van der Waals surface area contributed by atoms with Crippen molar-refractivity contribution in [2.45, 2.75) is 45.8 Å². The van der Waals surface area contributed by atoms with Crippen LogP contribution in [0.15, 0.2) is 24.5 Å². The molecule has 0 bridgehead atoms. The van der Waals surface area contributed by atoms with Gasteiger partial charge in [0.15, 0.2) is 0 Å². The van der Waals surface area contributed by atoms with Crippen molar-refractivity contribution < 1.29 is 14.6 Å². The average molecular weight is 371 g/mol. The van der Waals surface area contributed by atoms with Crippen LogP contribution >= 0.6 is 11.3 Å². The smallest absolute Gasteiger partial charge is 0.348 e. The van der Waals surface area contributed by atoms with Crippen LogP contribution in [-0.4, -0.2) is 33.2 Å². The molecule has 0 aromatic carbocycles. The maximum Gasteiger partial charge on any atom is 0.348 e. The molecule has 0 unspecified atom stereocenters. The maximum absolute atomic E-state index is 11.5. The van der Waals surface area contributed by atoms with Crippen molar-refractivity contribution >= 4 is 23.0 Å². The molecule has 136 valence electrons. The van der Waals surface area contributed by atoms with Crippen LogP contribution in [0.1, 0.15) is 48.2 Å². The average Bonchev–Trinajstić information content (AvgIpc) is 2.95. The Labute approximate surface area is 156 Å². The van der Waals surface area contributed by atoms with Gasteiger partial charge in [-0.1, -0.05) is 11.8 Å². The first-order valence-electron chi connectivity index (χ1n) is 8.41. The first-order chi connectivity index (χ1) is 12.3. The zero-order valence-electron chi connectivity index (χ0n) is 14.9. The summed E-state index contributed by atoms with van der Waals surface area (Å²) in [5, 5.41) is 12.7. The topological polar surface area (TPSA) is 84.3 Å². The fourth-order valence-corrected chi connectivity index (χ4v) is 3.28. The van der Waals surface area contributed by atoms with E-state index in [9.17, 15) is 9.90 Å². The molecule has 3 rings (SSSR count). The van der Waals surface area contributed by atoms with E-state index in [4.69, 9.17) is 4.74 Å². The summed E-state index contributed by atoms with van der Waals surface area (Å²) < 4.78 is 5.68. The summed E-state index contributed by atoms with van der Waals surface area (Å²) in [4.78, 5) is 20.6. The monoisotopic (exact) mass is 371 g/mol. The Morgan fingerprint density at radius 3 is 2.65 bits per heavy atom. The molecule has 1 aliphatic carbocycles. The molecule has 0 radical (unpaired) electrons. The van der Waals surface area contributed by atoms with E-state index in [1.807, 2.05) is 26.8 Å². The van der Waals surface area contributed by atoms with Crippen LogP contribution in [0.2, 0.25) is 0 Å². The Hall–Kier alpha value is -2.59. The van der Waals surface area contributed by atoms with Crippen LogP contribution < -0.4 is 10.1 Å². The summed E-state index contributed by atoms with van der Waals surface area (Å²) in [5.74, 6) is 5.28. The van der Waals surface area contributed by atoms with Gasteiger partial charge in [-0.25, -0.2) is 14.8 Å². The van der Waals surface area contributed by atoms with Crippen molar-refractivity contribution in [1.29, 1.82) is 0 Å². The van der Waals surface area contributed by atoms with Gasteiger partial charge in [-0.3, -0.25) is 0 Å². The molecule has 0 spiro atoms. The van der Waals surface area contributed by atoms with Gasteiger partial charge >= 0.3 is 12.0 Å². The Morgan fingerprint density at radius 1 is 1.35 bits per heavy atom. The fraction of sp³-hybridized carbons (Fsp3) is 0.421. The third kappa shape index (κ3) is 4.73. The van der Waals surface area contributed by atoms with Crippen LogP contribution in [0.25, 0.3) is 0 Å². The normalized spacial score (nSPS) is 19.0. The third-order valence-electron chi connectivity index (χ3n) is 3.76. The van der Waals surface area contributed by atoms with Gasteiger partial charge in [-0.2, -0.15) is 0 Å². The van der Waals surface area contributed by atoms with Crippen LogP contribution in [-0.2, 0) is 0 Å². The largest absolute Gasteiger partial charge is 0.477 e. The molecular weight excluding hydrogens is 350 g/mol. The van der Waals surface area contributed by atoms with Crippen molar-refractivity contribution in [1.82, 2.24) is 9.97 Å². The summed E-state index contributed by atoms with van der Waals surface area (Å²) in [5.41, 5.74) is 0.499. The fourth-order valence-electron chi connectivity index (χ4n) is 2.46. The number of carboxylic acid groups (broad SMARTS) is 1. The molecule has 1 aliphatic rings. The van der Waals surface area contributed by atoms with E-state index in [2.05, 4.69) is 27.1 Å². The van der Waals surface area contributed by atoms with Crippen molar-refractivity contribution in [3.05, 3.63) is 34.3 Å². The summed E-state index contributed by atoms with van der Waals surface area (Å²) in [7, 11) is 0. The summed E-state index contributed by atoms with van der Waals surface area (Å²) >= 11 is 1.20. The molecule has 0 amide bonds. The minimum Gasteiger partial charge on any atom is -0.477 e. The lowest BCUT2D eigenvalue weighted by molar-refractivity contribution is 0.0703. The first-order valence-corrected chi connectivity index (χ1v) is 9.22. The molecule has 0 atom stereocenters. The summed E-state index contributed by atoms with van der Waals surface area (Å²) in [6.45, 7) is 6.07. The standard InChI is InChI=1S/C19H21N3O3S/c1-19(2,3)6-5-14-11-15(16(26-14)17(23)24)22-12-9-13(10-12)25-18-20-7-4-8-21-18/h4,7-8,11-13,22H,9-10H2,1-3H3,(H,23,24)/t12-,13-. The summed E-state index contributed by atoms with van der Waals surface area (Å²) in [6, 6.07) is 4.10. The van der Waals surface area contributed by atoms with Crippen LogP contribution in [0.3, 0.4) is 0 Å². The second kappa shape index (κ2) is 7.34. The molecule has 2 N–H and O–H groups in total. The number of carboxylic acids is 1. The summed E-state index contributed by atoms with van der Waals surface area (Å²) in [6.07, 6.45) is 4.87. The molecule has 0 saturated heterocycles. The number of nitrogens with one attached hydrogen (secondary N) is 1. The number of anilines is 1. The quantitative estimate of drug-likeness (QED) is 0.781. The van der Waals surface area contributed by atoms with Crippen LogP contribution in [0.5, 0.6) is 6.01 Å². The minimum absolute atomic E-state index is 0.0435. The molecule has 2 heterocycles. The lowest BCUT2D eigenvalue weighted by Crippen LogP contribution is -2.42. The SMILES string of the molecule is CC(C)(C)C#Cc1cc(N[C@H]2C[C@H](Oc3ncccn3)C2)c(C(=O)O)s1. The molecule has 6 nitrogen and oxygen atoms in total. The maximum atomic E-state index is 11.5. The van der Waals surface area contributed by atoms with Gasteiger partial charge in [0.1, 0.15) is 11.0 Å². The molecule has 7 heteroatoms. The van der Waals surface area contributed by atoms with Crippen molar-refractivity contribution in [3.8, 4) is 17.9 Å². The molecular formula is C19H21N3O3S. The number of aromatic nitrogens is 2. The Kier molecular flexibility index (Phi) is 5.14. The number of carbonyl (C=O) groups is 1. The van der Waals surface area contributed by atoms with Gasteiger partial charge in [-0.05, 0) is 32.9 Å².